The molecule has 0 aromatic carbocycles. The number of amides is 1. The summed E-state index contributed by atoms with van der Waals surface area (Å²) in [5.74, 6) is -0.993. The number of hydrogen-bond donors (Lipinski definition) is 1. The second-order valence-electron chi connectivity index (χ2n) is 6.13. The van der Waals surface area contributed by atoms with Gasteiger partial charge in [0.2, 0.25) is 0 Å². The third-order valence-corrected chi connectivity index (χ3v) is 5.31. The molecule has 0 aliphatic rings. The number of aromatic amines is 1. The van der Waals surface area contributed by atoms with Crippen LogP contribution in [0, 0.1) is 13.8 Å². The topological polar surface area (TPSA) is 88.7 Å². The fraction of sp³-hybridized carbons (Fsp3) is 0.421. The number of H-pyrrole nitrogens is 1. The van der Waals surface area contributed by atoms with Gasteiger partial charge >= 0.3 is 5.97 Å². The van der Waals surface area contributed by atoms with Crippen molar-refractivity contribution < 1.29 is 23.9 Å². The van der Waals surface area contributed by atoms with Crippen LogP contribution in [-0.2, 0) is 9.47 Å². The molecule has 1 amide bonds. The van der Waals surface area contributed by atoms with Crippen LogP contribution < -0.4 is 0 Å². The summed E-state index contributed by atoms with van der Waals surface area (Å²) < 4.78 is 9.86. The van der Waals surface area contributed by atoms with E-state index in [1.807, 2.05) is 5.38 Å². The number of hydrogen-bond acceptors (Lipinski definition) is 6. The highest BCUT2D eigenvalue weighted by molar-refractivity contribution is 7.12. The summed E-state index contributed by atoms with van der Waals surface area (Å²) in [5, 5.41) is 1.82. The summed E-state index contributed by atoms with van der Waals surface area (Å²) in [6, 6.07) is 2.81. The maximum absolute atomic E-state index is 13.2. The van der Waals surface area contributed by atoms with Crippen LogP contribution in [0.3, 0.4) is 0 Å². The highest BCUT2D eigenvalue weighted by Gasteiger charge is 2.31. The number of Topliss-reactive ketones (excluding diaryl/α,β-unsaturated/α-hetero) is 1. The lowest BCUT2D eigenvalue weighted by molar-refractivity contribution is 0.0566. The van der Waals surface area contributed by atoms with Gasteiger partial charge in [0.05, 0.1) is 24.6 Å². The zero-order valence-corrected chi connectivity index (χ0v) is 16.9. The molecule has 7 nitrogen and oxygen atoms in total. The molecule has 0 radical (unpaired) electrons. The highest BCUT2D eigenvalue weighted by Crippen LogP contribution is 2.23. The van der Waals surface area contributed by atoms with Crippen LogP contribution in [0.5, 0.6) is 0 Å². The van der Waals surface area contributed by atoms with Crippen molar-refractivity contribution in [3.8, 4) is 0 Å². The van der Waals surface area contributed by atoms with Crippen LogP contribution >= 0.6 is 11.3 Å². The third-order valence-electron chi connectivity index (χ3n) is 4.45. The van der Waals surface area contributed by atoms with E-state index in [2.05, 4.69) is 4.98 Å². The van der Waals surface area contributed by atoms with Crippen LogP contribution in [0.1, 0.15) is 48.7 Å². The number of nitrogens with zero attached hydrogens (tertiary/aromatic N) is 1. The molecule has 2 heterocycles. The average Bonchev–Trinajstić information content (AvgIpc) is 3.28. The molecule has 2 rings (SSSR count). The van der Waals surface area contributed by atoms with Crippen molar-refractivity contribution in [2.45, 2.75) is 26.8 Å². The first-order chi connectivity index (χ1) is 12.8. The lowest BCUT2D eigenvalue weighted by Gasteiger charge is -2.28. The lowest BCUT2D eigenvalue weighted by Crippen LogP contribution is -2.45. The average molecular weight is 392 g/mol. The van der Waals surface area contributed by atoms with E-state index in [0.717, 1.165) is 0 Å². The first kappa shape index (κ1) is 20.9. The highest BCUT2D eigenvalue weighted by atomic mass is 32.1. The molecule has 0 fully saturated rings. The SMILES string of the molecule is COCCN(C(=O)c1cccs1)[C@H](C)C(=O)c1c(C)[nH]c(C(=O)OC)c1C. The predicted octanol–water partition coefficient (Wildman–Crippen LogP) is 2.84. The van der Waals surface area contributed by atoms with E-state index in [-0.39, 0.29) is 23.9 Å². The molecule has 1 atom stereocenters. The molecule has 0 unspecified atom stereocenters. The largest absolute Gasteiger partial charge is 0.464 e. The Morgan fingerprint density at radius 1 is 1.26 bits per heavy atom. The minimum absolute atomic E-state index is 0.220. The number of aromatic nitrogens is 1. The van der Waals surface area contributed by atoms with Crippen molar-refractivity contribution in [3.05, 3.63) is 44.9 Å². The standard InChI is InChI=1S/C19H24N2O5S/c1-11-15(12(2)20-16(11)19(24)26-5)17(22)13(3)21(8-9-25-4)18(23)14-7-6-10-27-14/h6-7,10,13,20H,8-9H2,1-5H3/t13-/m1/s1. The maximum atomic E-state index is 13.2. The Kier molecular flexibility index (Phi) is 6.92. The molecule has 146 valence electrons. The molecule has 0 aliphatic carbocycles. The van der Waals surface area contributed by atoms with Crippen LogP contribution in [0.2, 0.25) is 0 Å². The number of nitrogens with one attached hydrogen (secondary N) is 1. The van der Waals surface area contributed by atoms with Crippen LogP contribution in [0.15, 0.2) is 17.5 Å². The van der Waals surface area contributed by atoms with E-state index in [1.54, 1.807) is 40.0 Å². The molecule has 1 N–H and O–H groups in total. The van der Waals surface area contributed by atoms with E-state index in [9.17, 15) is 14.4 Å². The number of methoxy groups -OCH3 is 2. The van der Waals surface area contributed by atoms with E-state index < -0.39 is 12.0 Å². The smallest absolute Gasteiger partial charge is 0.354 e. The number of carbonyl (C=O) groups is 3. The van der Waals surface area contributed by atoms with Gasteiger partial charge in [-0.2, -0.15) is 0 Å². The predicted molar refractivity (Wildman–Crippen MR) is 103 cm³/mol. The van der Waals surface area contributed by atoms with Crippen molar-refractivity contribution in [2.24, 2.45) is 0 Å². The number of aryl methyl sites for hydroxylation is 1. The van der Waals surface area contributed by atoms with Gasteiger partial charge in [-0.15, -0.1) is 11.3 Å². The Balaban J connectivity index is 2.36. The normalized spacial score (nSPS) is 11.9. The van der Waals surface area contributed by atoms with Gasteiger partial charge in [0.1, 0.15) is 5.69 Å². The first-order valence-electron chi connectivity index (χ1n) is 8.48. The molecule has 0 saturated carbocycles. The van der Waals surface area contributed by atoms with Crippen molar-refractivity contribution in [3.63, 3.8) is 0 Å². The van der Waals surface area contributed by atoms with E-state index >= 15 is 0 Å². The molecule has 2 aromatic heterocycles. The number of thiophene rings is 1. The van der Waals surface area contributed by atoms with E-state index in [0.29, 0.717) is 28.3 Å². The molecule has 0 spiro atoms. The zero-order valence-electron chi connectivity index (χ0n) is 16.1. The molecular formula is C19H24N2O5S. The monoisotopic (exact) mass is 392 g/mol. The molecule has 0 saturated heterocycles. The van der Waals surface area contributed by atoms with Crippen molar-refractivity contribution in [1.29, 1.82) is 0 Å². The minimum atomic E-state index is -0.714. The second-order valence-corrected chi connectivity index (χ2v) is 7.07. The van der Waals surface area contributed by atoms with E-state index in [4.69, 9.17) is 9.47 Å². The number of rotatable bonds is 8. The maximum Gasteiger partial charge on any atom is 0.354 e. The summed E-state index contributed by atoms with van der Waals surface area (Å²) >= 11 is 1.32. The third kappa shape index (κ3) is 4.28. The Hall–Kier alpha value is -2.45. The van der Waals surface area contributed by atoms with Gasteiger partial charge in [0, 0.05) is 24.9 Å². The van der Waals surface area contributed by atoms with Crippen molar-refractivity contribution in [1.82, 2.24) is 9.88 Å². The first-order valence-corrected chi connectivity index (χ1v) is 9.36. The number of esters is 1. The Morgan fingerprint density at radius 2 is 1.96 bits per heavy atom. The van der Waals surface area contributed by atoms with Gasteiger partial charge in [0.25, 0.3) is 5.91 Å². The minimum Gasteiger partial charge on any atom is -0.464 e. The van der Waals surface area contributed by atoms with Gasteiger partial charge in [-0.05, 0) is 37.8 Å². The summed E-state index contributed by atoms with van der Waals surface area (Å²) in [6.45, 7) is 5.70. The Morgan fingerprint density at radius 3 is 2.52 bits per heavy atom. The fourth-order valence-electron chi connectivity index (χ4n) is 2.98. The number of ketones is 1. The Labute approximate surface area is 162 Å². The Bertz CT molecular complexity index is 826. The van der Waals surface area contributed by atoms with Gasteiger partial charge in [0.15, 0.2) is 5.78 Å². The molecule has 0 bridgehead atoms. The molecule has 8 heteroatoms. The van der Waals surface area contributed by atoms with Gasteiger partial charge < -0.3 is 19.4 Å². The van der Waals surface area contributed by atoms with Gasteiger partial charge in [-0.3, -0.25) is 9.59 Å². The second kappa shape index (κ2) is 8.96. The summed E-state index contributed by atoms with van der Waals surface area (Å²) in [7, 11) is 2.83. The van der Waals surface area contributed by atoms with Crippen molar-refractivity contribution >= 4 is 29.0 Å². The summed E-state index contributed by atoms with van der Waals surface area (Å²) in [4.78, 5) is 42.9. The zero-order chi connectivity index (χ0) is 20.1. The molecular weight excluding hydrogens is 368 g/mol. The van der Waals surface area contributed by atoms with Crippen LogP contribution in [0.25, 0.3) is 0 Å². The summed E-state index contributed by atoms with van der Waals surface area (Å²) in [6.07, 6.45) is 0. The number of carbonyl (C=O) groups excluding carboxylic acids is 3. The molecule has 0 aliphatic heterocycles. The van der Waals surface area contributed by atoms with Crippen LogP contribution in [0.4, 0.5) is 0 Å². The lowest BCUT2D eigenvalue weighted by atomic mass is 9.99. The molecule has 27 heavy (non-hydrogen) atoms. The quantitative estimate of drug-likeness (QED) is 0.551. The van der Waals surface area contributed by atoms with Crippen LogP contribution in [-0.4, -0.2) is 61.0 Å². The van der Waals surface area contributed by atoms with Gasteiger partial charge in [-0.25, -0.2) is 4.79 Å². The van der Waals surface area contributed by atoms with E-state index in [1.165, 1.54) is 23.3 Å². The van der Waals surface area contributed by atoms with Crippen molar-refractivity contribution in [2.75, 3.05) is 27.4 Å². The summed E-state index contributed by atoms with van der Waals surface area (Å²) in [5.41, 5.74) is 1.74. The van der Waals surface area contributed by atoms with Gasteiger partial charge in [-0.1, -0.05) is 6.07 Å². The fourth-order valence-corrected chi connectivity index (χ4v) is 3.66. The molecule has 2 aromatic rings. The number of ether oxygens (including phenoxy) is 2.